The average molecular weight is 305 g/mol. The molecule has 0 aliphatic rings. The topological polar surface area (TPSA) is 59.9 Å². The Morgan fingerprint density at radius 1 is 1.19 bits per heavy atom. The normalized spacial score (nSPS) is 12.5. The molecule has 0 bridgehead atoms. The van der Waals surface area contributed by atoms with Crippen LogP contribution in [0, 0.1) is 6.92 Å². The Morgan fingerprint density at radius 3 is 2.19 bits per heavy atom. The standard InChI is InChI=1S/C12H11F4N3O2/c1-7-17-18-10(20)19(7)8-3-5-9(6-4-8)21-12(15,16)11(2,13)14/h3-6H,1-2H3,(H,18,20). The van der Waals surface area contributed by atoms with Crippen LogP contribution in [-0.2, 0) is 0 Å². The number of hydrogen-bond donors (Lipinski definition) is 1. The number of aromatic nitrogens is 3. The van der Waals surface area contributed by atoms with Crippen LogP contribution >= 0.6 is 0 Å². The molecule has 1 aromatic carbocycles. The lowest BCUT2D eigenvalue weighted by atomic mass is 10.3. The van der Waals surface area contributed by atoms with Crippen LogP contribution in [0.1, 0.15) is 12.7 Å². The maximum Gasteiger partial charge on any atom is 0.463 e. The van der Waals surface area contributed by atoms with E-state index < -0.39 is 23.5 Å². The fraction of sp³-hybridized carbons (Fsp3) is 0.333. The summed E-state index contributed by atoms with van der Waals surface area (Å²) in [5, 5.41) is 5.90. The van der Waals surface area contributed by atoms with E-state index >= 15 is 0 Å². The van der Waals surface area contributed by atoms with Crippen molar-refractivity contribution in [3.05, 3.63) is 40.6 Å². The Morgan fingerprint density at radius 2 is 1.76 bits per heavy atom. The predicted molar refractivity (Wildman–Crippen MR) is 65.1 cm³/mol. The Bertz CT molecular complexity index is 686. The van der Waals surface area contributed by atoms with Crippen LogP contribution in [-0.4, -0.2) is 26.8 Å². The average Bonchev–Trinajstić information content (AvgIpc) is 2.69. The van der Waals surface area contributed by atoms with Gasteiger partial charge < -0.3 is 4.74 Å². The van der Waals surface area contributed by atoms with Gasteiger partial charge in [-0.1, -0.05) is 0 Å². The van der Waals surface area contributed by atoms with Crippen LogP contribution in [0.4, 0.5) is 17.6 Å². The van der Waals surface area contributed by atoms with E-state index in [4.69, 9.17) is 0 Å². The maximum absolute atomic E-state index is 13.1. The fourth-order valence-electron chi connectivity index (χ4n) is 1.58. The second-order valence-corrected chi connectivity index (χ2v) is 4.41. The Balaban J connectivity index is 2.27. The van der Waals surface area contributed by atoms with Crippen molar-refractivity contribution >= 4 is 0 Å². The van der Waals surface area contributed by atoms with Gasteiger partial charge in [0.25, 0.3) is 0 Å². The van der Waals surface area contributed by atoms with E-state index in [1.807, 2.05) is 0 Å². The molecule has 1 heterocycles. The van der Waals surface area contributed by atoms with Gasteiger partial charge in [-0.05, 0) is 31.2 Å². The minimum absolute atomic E-state index is 0.0652. The molecule has 0 saturated carbocycles. The quantitative estimate of drug-likeness (QED) is 0.883. The summed E-state index contributed by atoms with van der Waals surface area (Å²) in [6.45, 7) is 1.63. The van der Waals surface area contributed by atoms with Crippen molar-refractivity contribution in [3.63, 3.8) is 0 Å². The molecule has 114 valence electrons. The summed E-state index contributed by atoms with van der Waals surface area (Å²) in [5.41, 5.74) is -0.170. The number of aryl methyl sites for hydroxylation is 1. The van der Waals surface area contributed by atoms with Crippen LogP contribution in [0.15, 0.2) is 29.1 Å². The van der Waals surface area contributed by atoms with E-state index in [-0.39, 0.29) is 6.92 Å². The summed E-state index contributed by atoms with van der Waals surface area (Å²) in [7, 11) is 0. The second-order valence-electron chi connectivity index (χ2n) is 4.41. The van der Waals surface area contributed by atoms with Gasteiger partial charge >= 0.3 is 17.7 Å². The first kappa shape index (κ1) is 15.1. The van der Waals surface area contributed by atoms with E-state index in [2.05, 4.69) is 14.9 Å². The van der Waals surface area contributed by atoms with E-state index in [1.54, 1.807) is 6.92 Å². The fourth-order valence-corrected chi connectivity index (χ4v) is 1.58. The molecule has 0 atom stereocenters. The predicted octanol–water partition coefficient (Wildman–Crippen LogP) is 2.50. The summed E-state index contributed by atoms with van der Waals surface area (Å²) in [6.07, 6.45) is -4.63. The molecular formula is C12H11F4N3O2. The summed E-state index contributed by atoms with van der Waals surface area (Å²) >= 11 is 0. The molecule has 0 fully saturated rings. The summed E-state index contributed by atoms with van der Waals surface area (Å²) < 4.78 is 56.7. The number of alkyl halides is 4. The minimum Gasteiger partial charge on any atom is -0.428 e. The number of hydrogen-bond acceptors (Lipinski definition) is 3. The molecule has 0 saturated heterocycles. The molecule has 1 aromatic heterocycles. The SMILES string of the molecule is Cc1n[nH]c(=O)n1-c1ccc(OC(F)(F)C(C)(F)F)cc1. The van der Waals surface area contributed by atoms with Gasteiger partial charge in [0.05, 0.1) is 5.69 Å². The van der Waals surface area contributed by atoms with Crippen molar-refractivity contribution in [1.29, 1.82) is 0 Å². The first-order valence-electron chi connectivity index (χ1n) is 5.81. The van der Waals surface area contributed by atoms with E-state index in [9.17, 15) is 22.4 Å². The Hall–Kier alpha value is -2.32. The maximum atomic E-state index is 13.1. The molecule has 1 N–H and O–H groups in total. The number of nitrogens with one attached hydrogen (secondary N) is 1. The molecule has 9 heteroatoms. The van der Waals surface area contributed by atoms with E-state index in [0.29, 0.717) is 11.5 Å². The first-order valence-corrected chi connectivity index (χ1v) is 5.81. The first-order chi connectivity index (χ1) is 9.62. The van der Waals surface area contributed by atoms with Gasteiger partial charge in [0, 0.05) is 6.92 Å². The Labute approximate surface area is 116 Å². The number of aromatic amines is 1. The monoisotopic (exact) mass is 305 g/mol. The second kappa shape index (κ2) is 4.90. The van der Waals surface area contributed by atoms with Gasteiger partial charge in [-0.25, -0.2) is 14.5 Å². The largest absolute Gasteiger partial charge is 0.463 e. The van der Waals surface area contributed by atoms with Crippen LogP contribution in [0.2, 0.25) is 0 Å². The van der Waals surface area contributed by atoms with Crippen LogP contribution < -0.4 is 10.4 Å². The summed E-state index contributed by atoms with van der Waals surface area (Å²) in [5.74, 6) is -4.40. The zero-order valence-electron chi connectivity index (χ0n) is 11.0. The van der Waals surface area contributed by atoms with Crippen molar-refractivity contribution in [2.24, 2.45) is 0 Å². The molecule has 5 nitrogen and oxygen atoms in total. The van der Waals surface area contributed by atoms with E-state index in [1.165, 1.54) is 16.7 Å². The summed E-state index contributed by atoms with van der Waals surface area (Å²) in [6, 6.07) is 4.69. The molecule has 2 rings (SSSR count). The van der Waals surface area contributed by atoms with Crippen molar-refractivity contribution in [2.75, 3.05) is 0 Å². The summed E-state index contributed by atoms with van der Waals surface area (Å²) in [4.78, 5) is 11.5. The van der Waals surface area contributed by atoms with Crippen molar-refractivity contribution in [3.8, 4) is 11.4 Å². The number of ether oxygens (including phenoxy) is 1. The molecule has 0 radical (unpaired) electrons. The van der Waals surface area contributed by atoms with Crippen molar-refractivity contribution < 1.29 is 22.3 Å². The highest BCUT2D eigenvalue weighted by Gasteiger charge is 2.55. The molecule has 0 unspecified atom stereocenters. The highest BCUT2D eigenvalue weighted by molar-refractivity contribution is 5.38. The molecule has 0 amide bonds. The lowest BCUT2D eigenvalue weighted by Gasteiger charge is -2.23. The number of benzene rings is 1. The lowest BCUT2D eigenvalue weighted by molar-refractivity contribution is -0.301. The number of halogens is 4. The third-order valence-electron chi connectivity index (χ3n) is 2.69. The number of H-pyrrole nitrogens is 1. The van der Waals surface area contributed by atoms with Gasteiger partial charge in [0.15, 0.2) is 0 Å². The smallest absolute Gasteiger partial charge is 0.428 e. The zero-order valence-corrected chi connectivity index (χ0v) is 11.0. The van der Waals surface area contributed by atoms with Gasteiger partial charge in [0.1, 0.15) is 11.6 Å². The van der Waals surface area contributed by atoms with Gasteiger partial charge in [0.2, 0.25) is 0 Å². The molecule has 0 aliphatic heterocycles. The van der Waals surface area contributed by atoms with Gasteiger partial charge in [-0.3, -0.25) is 0 Å². The molecule has 2 aromatic rings. The van der Waals surface area contributed by atoms with Gasteiger partial charge in [-0.2, -0.15) is 22.7 Å². The van der Waals surface area contributed by atoms with Crippen molar-refractivity contribution in [1.82, 2.24) is 14.8 Å². The minimum atomic E-state index is -4.63. The molecule has 0 aliphatic carbocycles. The number of nitrogens with zero attached hydrogens (tertiary/aromatic N) is 2. The molecular weight excluding hydrogens is 294 g/mol. The third-order valence-corrected chi connectivity index (χ3v) is 2.69. The van der Waals surface area contributed by atoms with Crippen LogP contribution in [0.25, 0.3) is 5.69 Å². The molecule has 21 heavy (non-hydrogen) atoms. The number of rotatable bonds is 4. The highest BCUT2D eigenvalue weighted by Crippen LogP contribution is 2.35. The lowest BCUT2D eigenvalue weighted by Crippen LogP contribution is -2.42. The van der Waals surface area contributed by atoms with Crippen molar-refractivity contribution in [2.45, 2.75) is 25.9 Å². The van der Waals surface area contributed by atoms with Crippen LogP contribution in [0.3, 0.4) is 0 Å². The van der Waals surface area contributed by atoms with E-state index in [0.717, 1.165) is 12.1 Å². The van der Waals surface area contributed by atoms with Crippen LogP contribution in [0.5, 0.6) is 5.75 Å². The molecule has 0 spiro atoms. The zero-order chi connectivity index (χ0) is 15.8. The highest BCUT2D eigenvalue weighted by atomic mass is 19.3. The van der Waals surface area contributed by atoms with Gasteiger partial charge in [-0.15, -0.1) is 0 Å². The Kier molecular flexibility index (Phi) is 3.52. The third kappa shape index (κ3) is 2.91.